The largest absolute Gasteiger partial charge is 1.00 e. The monoisotopic (exact) mass is 238 g/mol. The van der Waals surface area contributed by atoms with Gasteiger partial charge in [-0.15, -0.1) is 0 Å². The van der Waals surface area contributed by atoms with Gasteiger partial charge in [-0.1, -0.05) is 0 Å². The normalized spacial score (nSPS) is 10.3. The molecule has 0 aromatic carbocycles. The summed E-state index contributed by atoms with van der Waals surface area (Å²) in [6, 6.07) is 0. The van der Waals surface area contributed by atoms with E-state index < -0.39 is 13.0 Å². The first-order valence-corrected chi connectivity index (χ1v) is 4.50. The average Bonchev–Trinajstić information content (AvgIpc) is 2.09. The smallest absolute Gasteiger partial charge is 0.419 e. The number of hydrogen-bond donors (Lipinski definition) is 1. The molecule has 0 aliphatic carbocycles. The van der Waals surface area contributed by atoms with Crippen LogP contribution in [-0.2, 0) is 14.5 Å². The minimum Gasteiger partial charge on any atom is -0.419 e. The van der Waals surface area contributed by atoms with Gasteiger partial charge in [0.25, 0.3) is 0 Å². The summed E-state index contributed by atoms with van der Waals surface area (Å²) in [5.41, 5.74) is 0. The van der Waals surface area contributed by atoms with Crippen molar-refractivity contribution in [1.29, 1.82) is 0 Å². The molecular weight excluding hydrogens is 225 g/mol. The minimum atomic E-state index is -1.81. The van der Waals surface area contributed by atoms with Crippen LogP contribution in [0.4, 0.5) is 8.78 Å². The molecule has 0 atom stereocenters. The predicted molar refractivity (Wildman–Crippen MR) is 46.7 cm³/mol. The van der Waals surface area contributed by atoms with Crippen LogP contribution in [0.1, 0.15) is 6.42 Å². The molecule has 0 heterocycles. The summed E-state index contributed by atoms with van der Waals surface area (Å²) in [7, 11) is 0. The van der Waals surface area contributed by atoms with Crippen LogP contribution in [0.2, 0.25) is 0 Å². The van der Waals surface area contributed by atoms with Crippen molar-refractivity contribution in [2.75, 3.05) is 32.2 Å². The molecule has 0 aliphatic heterocycles. The van der Waals surface area contributed by atoms with E-state index in [1.165, 1.54) is 0 Å². The van der Waals surface area contributed by atoms with E-state index in [0.717, 1.165) is 12.2 Å². The first-order valence-electron chi connectivity index (χ1n) is 3.87. The Kier molecular flexibility index (Phi) is 17.6. The third kappa shape index (κ3) is 15.6. The maximum atomic E-state index is 11.4. The summed E-state index contributed by atoms with van der Waals surface area (Å²) in [6.07, 6.45) is -0.951. The molecule has 7 heteroatoms. The zero-order valence-electron chi connectivity index (χ0n) is 8.17. The van der Waals surface area contributed by atoms with Crippen molar-refractivity contribution in [2.24, 2.45) is 0 Å². The molecule has 3 nitrogen and oxygen atoms in total. The molecule has 0 aromatic rings. The van der Waals surface area contributed by atoms with Crippen LogP contribution in [-0.4, -0.2) is 32.2 Å². The number of rotatable bonds is 9. The quantitative estimate of drug-likeness (QED) is 0.135. The second kappa shape index (κ2) is 14.1. The van der Waals surface area contributed by atoms with Gasteiger partial charge in [0.05, 0.1) is 6.61 Å². The Morgan fingerprint density at radius 1 is 1.07 bits per heavy atom. The molecule has 0 spiro atoms. The Balaban J connectivity index is 0. The first-order chi connectivity index (χ1) is 6.27. The van der Waals surface area contributed by atoms with Crippen molar-refractivity contribution in [2.45, 2.75) is 6.42 Å². The third-order valence-corrected chi connectivity index (χ3v) is 1.33. The molecule has 0 fully saturated rings. The van der Waals surface area contributed by atoms with Gasteiger partial charge < -0.3 is 13.5 Å². The average molecular weight is 238 g/mol. The molecule has 0 amide bonds. The zero-order chi connectivity index (χ0) is 9.94. The number of hydrogen-bond acceptors (Lipinski definition) is 4. The second-order valence-corrected chi connectivity index (χ2v) is 2.56. The van der Waals surface area contributed by atoms with Gasteiger partial charge in [0.15, 0.2) is 0 Å². The van der Waals surface area contributed by atoms with Gasteiger partial charge in [-0.05, 0) is 12.2 Å². The molecule has 0 rings (SSSR count). The van der Waals surface area contributed by atoms with Crippen LogP contribution in [0.15, 0.2) is 0 Å². The fourth-order valence-corrected chi connectivity index (χ4v) is 0.636. The van der Waals surface area contributed by atoms with Crippen molar-refractivity contribution in [3.05, 3.63) is 6.43 Å². The molecule has 0 aromatic heterocycles. The summed E-state index contributed by atoms with van der Waals surface area (Å²) in [5, 5.41) is 0. The molecule has 80 valence electrons. The number of ether oxygens (including phenoxy) is 1. The van der Waals surface area contributed by atoms with Crippen LogP contribution in [0.5, 0.6) is 0 Å². The van der Waals surface area contributed by atoms with E-state index in [0.29, 0.717) is 13.2 Å². The van der Waals surface area contributed by atoms with E-state index >= 15 is 0 Å². The summed E-state index contributed by atoms with van der Waals surface area (Å²) >= 11 is 3.98. The SMILES string of the molecule is F[C-](F)COOCCOCCCS.[Na+]. The van der Waals surface area contributed by atoms with E-state index in [9.17, 15) is 8.78 Å². The topological polar surface area (TPSA) is 27.7 Å². The summed E-state index contributed by atoms with van der Waals surface area (Å²) < 4.78 is 27.8. The maximum absolute atomic E-state index is 11.4. The zero-order valence-corrected chi connectivity index (χ0v) is 11.1. The Hall–Kier alpha value is 1.09. The van der Waals surface area contributed by atoms with Gasteiger partial charge in [-0.25, -0.2) is 4.89 Å². The van der Waals surface area contributed by atoms with Crippen molar-refractivity contribution >= 4 is 12.6 Å². The molecule has 0 unspecified atom stereocenters. The molecule has 14 heavy (non-hydrogen) atoms. The summed E-state index contributed by atoms with van der Waals surface area (Å²) in [6.45, 7) is 0.300. The predicted octanol–water partition coefficient (Wildman–Crippen LogP) is -1.30. The standard InChI is InChI=1S/C7H13F2O3S.Na/c8-7(9)6-12-11-4-3-10-2-1-5-13;/h13H,1-6H2;/q-1;+1. The van der Waals surface area contributed by atoms with Crippen LogP contribution < -0.4 is 29.6 Å². The molecule has 0 aliphatic rings. The molecule has 0 saturated carbocycles. The Morgan fingerprint density at radius 2 is 1.79 bits per heavy atom. The van der Waals surface area contributed by atoms with Crippen molar-refractivity contribution in [3.63, 3.8) is 0 Å². The van der Waals surface area contributed by atoms with E-state index in [4.69, 9.17) is 4.74 Å². The Bertz CT molecular complexity index is 111. The van der Waals surface area contributed by atoms with Gasteiger partial charge in [0, 0.05) is 19.6 Å². The van der Waals surface area contributed by atoms with Crippen molar-refractivity contribution in [3.8, 4) is 0 Å². The van der Waals surface area contributed by atoms with Gasteiger partial charge in [0.2, 0.25) is 0 Å². The van der Waals surface area contributed by atoms with E-state index in [1.54, 1.807) is 0 Å². The molecule has 0 N–H and O–H groups in total. The summed E-state index contributed by atoms with van der Waals surface area (Å²) in [4.78, 5) is 8.50. The first kappa shape index (κ1) is 17.5. The van der Waals surface area contributed by atoms with E-state index in [2.05, 4.69) is 22.4 Å². The van der Waals surface area contributed by atoms with Crippen LogP contribution >= 0.6 is 12.6 Å². The maximum Gasteiger partial charge on any atom is 1.00 e. The molecule has 0 radical (unpaired) electrons. The fourth-order valence-electron chi connectivity index (χ4n) is 0.507. The third-order valence-electron chi connectivity index (χ3n) is 1.01. The Morgan fingerprint density at radius 3 is 2.36 bits per heavy atom. The summed E-state index contributed by atoms with van der Waals surface area (Å²) in [5.74, 6) is 0.763. The number of halogens is 2. The van der Waals surface area contributed by atoms with Gasteiger partial charge in [-0.2, -0.15) is 12.6 Å². The second-order valence-electron chi connectivity index (χ2n) is 2.11. The van der Waals surface area contributed by atoms with Crippen LogP contribution in [0.25, 0.3) is 0 Å². The minimum absolute atomic E-state index is 0. The van der Waals surface area contributed by atoms with Crippen LogP contribution in [0, 0.1) is 6.43 Å². The van der Waals surface area contributed by atoms with Crippen LogP contribution in [0.3, 0.4) is 0 Å². The fraction of sp³-hybridized carbons (Fsp3) is 0.857. The number of thiol groups is 1. The Labute approximate surface area is 110 Å². The van der Waals surface area contributed by atoms with Crippen molar-refractivity contribution in [1.82, 2.24) is 0 Å². The van der Waals surface area contributed by atoms with E-state index in [-0.39, 0.29) is 36.2 Å². The van der Waals surface area contributed by atoms with E-state index in [1.807, 2.05) is 0 Å². The van der Waals surface area contributed by atoms with Gasteiger partial charge in [-0.3, -0.25) is 4.89 Å². The molecule has 0 bridgehead atoms. The van der Waals surface area contributed by atoms with Crippen molar-refractivity contribution < 1.29 is 52.9 Å². The van der Waals surface area contributed by atoms with Gasteiger partial charge >= 0.3 is 29.6 Å². The molecule has 0 saturated heterocycles. The van der Waals surface area contributed by atoms with Gasteiger partial charge in [0.1, 0.15) is 6.61 Å². The molecular formula is C7H13F2NaO3S.